The molecule has 0 saturated carbocycles. The van der Waals surface area contributed by atoms with Gasteiger partial charge in [0.25, 0.3) is 3.79 Å². The van der Waals surface area contributed by atoms with Gasteiger partial charge in [-0.1, -0.05) is 34.8 Å². The quantitative estimate of drug-likeness (QED) is 0.489. The Bertz CT molecular complexity index is 330. The number of aliphatic carboxylic acids is 1. The molecule has 90 valence electrons. The first-order chi connectivity index (χ1) is 7.12. The lowest BCUT2D eigenvalue weighted by atomic mass is 10.8. The molecule has 0 spiro atoms. The molecule has 0 amide bonds. The van der Waals surface area contributed by atoms with Crippen molar-refractivity contribution in [3.05, 3.63) is 0 Å². The molecular formula is C5H7Cl3N6O2. The number of nitrogen functional groups attached to an aromatic ring is 3. The zero-order valence-electron chi connectivity index (χ0n) is 7.56. The van der Waals surface area contributed by atoms with E-state index >= 15 is 0 Å². The van der Waals surface area contributed by atoms with Gasteiger partial charge in [-0.3, -0.25) is 0 Å². The number of carboxylic acid groups (broad SMARTS) is 1. The van der Waals surface area contributed by atoms with Crippen LogP contribution in [0.15, 0.2) is 0 Å². The Morgan fingerprint density at radius 3 is 1.31 bits per heavy atom. The number of hydrogen-bond acceptors (Lipinski definition) is 7. The highest BCUT2D eigenvalue weighted by Crippen LogP contribution is 2.25. The number of hydrogen-bond donors (Lipinski definition) is 4. The van der Waals surface area contributed by atoms with Crippen molar-refractivity contribution < 1.29 is 9.90 Å². The summed E-state index contributed by atoms with van der Waals surface area (Å²) in [5.41, 5.74) is 15.4. The van der Waals surface area contributed by atoms with Gasteiger partial charge >= 0.3 is 5.97 Å². The van der Waals surface area contributed by atoms with Crippen LogP contribution in [0.2, 0.25) is 0 Å². The van der Waals surface area contributed by atoms with Crippen molar-refractivity contribution in [1.82, 2.24) is 15.0 Å². The lowest BCUT2D eigenvalue weighted by molar-refractivity contribution is -0.135. The van der Waals surface area contributed by atoms with Gasteiger partial charge in [0.2, 0.25) is 17.8 Å². The van der Waals surface area contributed by atoms with Crippen LogP contribution in [0.5, 0.6) is 0 Å². The maximum absolute atomic E-state index is 9.62. The summed E-state index contributed by atoms with van der Waals surface area (Å²) in [5, 5.41) is 7.85. The monoisotopic (exact) mass is 288 g/mol. The molecule has 0 aromatic carbocycles. The summed E-state index contributed by atoms with van der Waals surface area (Å²) in [5.74, 6) is -1.34. The van der Waals surface area contributed by atoms with Gasteiger partial charge in [-0.25, -0.2) is 4.79 Å². The first-order valence-corrected chi connectivity index (χ1v) is 4.59. The second kappa shape index (κ2) is 5.73. The highest BCUT2D eigenvalue weighted by atomic mass is 35.6. The number of carbonyl (C=O) groups is 1. The molecular weight excluding hydrogens is 282 g/mol. The predicted molar refractivity (Wildman–Crippen MR) is 61.0 cm³/mol. The van der Waals surface area contributed by atoms with Crippen LogP contribution in [0.1, 0.15) is 0 Å². The zero-order valence-corrected chi connectivity index (χ0v) is 9.83. The zero-order chi connectivity index (χ0) is 12.9. The fourth-order valence-corrected chi connectivity index (χ4v) is 0.427. The summed E-state index contributed by atoms with van der Waals surface area (Å²) in [6.45, 7) is 0. The minimum Gasteiger partial charge on any atom is -0.478 e. The van der Waals surface area contributed by atoms with Crippen molar-refractivity contribution in [3.8, 4) is 0 Å². The van der Waals surface area contributed by atoms with Crippen LogP contribution < -0.4 is 17.2 Å². The van der Waals surface area contributed by atoms with E-state index in [9.17, 15) is 4.79 Å². The summed E-state index contributed by atoms with van der Waals surface area (Å²) in [7, 11) is 0. The average molecular weight is 290 g/mol. The normalized spacial score (nSPS) is 10.2. The second-order valence-corrected chi connectivity index (χ2v) is 4.49. The van der Waals surface area contributed by atoms with E-state index < -0.39 is 9.76 Å². The van der Waals surface area contributed by atoms with Gasteiger partial charge in [0, 0.05) is 0 Å². The first-order valence-electron chi connectivity index (χ1n) is 3.45. The van der Waals surface area contributed by atoms with E-state index in [-0.39, 0.29) is 17.8 Å². The van der Waals surface area contributed by atoms with Crippen molar-refractivity contribution >= 4 is 58.6 Å². The Morgan fingerprint density at radius 2 is 1.19 bits per heavy atom. The van der Waals surface area contributed by atoms with Crippen LogP contribution >= 0.6 is 34.8 Å². The van der Waals surface area contributed by atoms with Crippen LogP contribution in [0.25, 0.3) is 0 Å². The summed E-state index contributed by atoms with van der Waals surface area (Å²) < 4.78 is -2.17. The van der Waals surface area contributed by atoms with Gasteiger partial charge in [-0.15, -0.1) is 0 Å². The van der Waals surface area contributed by atoms with E-state index in [0.717, 1.165) is 0 Å². The van der Waals surface area contributed by atoms with Crippen LogP contribution in [0.4, 0.5) is 17.8 Å². The number of alkyl halides is 3. The van der Waals surface area contributed by atoms with Gasteiger partial charge < -0.3 is 22.3 Å². The van der Waals surface area contributed by atoms with Gasteiger partial charge in [0.15, 0.2) is 0 Å². The van der Waals surface area contributed by atoms with Crippen molar-refractivity contribution in [2.45, 2.75) is 3.79 Å². The standard InChI is InChI=1S/C3H6N6.C2HCl3O2/c4-1-7-2(5)9-3(6)8-1;3-2(4,5)1(6)7/h(H6,4,5,6,7,8,9);(H,6,7). The number of aromatic nitrogens is 3. The molecule has 11 heteroatoms. The molecule has 0 atom stereocenters. The molecule has 16 heavy (non-hydrogen) atoms. The number of anilines is 3. The number of carboxylic acids is 1. The molecule has 0 bridgehead atoms. The highest BCUT2D eigenvalue weighted by Gasteiger charge is 2.29. The third kappa shape index (κ3) is 6.27. The molecule has 1 aromatic rings. The lowest BCUT2D eigenvalue weighted by Crippen LogP contribution is -2.16. The fourth-order valence-electron chi connectivity index (χ4n) is 0.427. The Kier molecular flexibility index (Phi) is 5.28. The maximum atomic E-state index is 9.62. The SMILES string of the molecule is Nc1nc(N)nc(N)n1.O=C(O)C(Cl)(Cl)Cl. The second-order valence-electron chi connectivity index (χ2n) is 2.21. The largest absolute Gasteiger partial charge is 0.478 e. The van der Waals surface area contributed by atoms with Crippen molar-refractivity contribution in [1.29, 1.82) is 0 Å². The van der Waals surface area contributed by atoms with E-state index in [0.29, 0.717) is 0 Å². The van der Waals surface area contributed by atoms with Crippen LogP contribution in [0, 0.1) is 0 Å². The molecule has 8 nitrogen and oxygen atoms in total. The van der Waals surface area contributed by atoms with Gasteiger partial charge in [-0.2, -0.15) is 15.0 Å². The number of nitrogens with zero attached hydrogens (tertiary/aromatic N) is 3. The number of nitrogens with two attached hydrogens (primary N) is 3. The van der Waals surface area contributed by atoms with Crippen LogP contribution in [-0.4, -0.2) is 29.8 Å². The van der Waals surface area contributed by atoms with Crippen LogP contribution in [0.3, 0.4) is 0 Å². The molecule has 0 saturated heterocycles. The summed E-state index contributed by atoms with van der Waals surface area (Å²) in [6, 6.07) is 0. The van der Waals surface area contributed by atoms with Gasteiger partial charge in [0.1, 0.15) is 0 Å². The molecule has 0 radical (unpaired) electrons. The minimum atomic E-state index is -2.17. The van der Waals surface area contributed by atoms with E-state index in [4.69, 9.17) is 57.1 Å². The molecule has 1 heterocycles. The summed E-state index contributed by atoms with van der Waals surface area (Å²) >= 11 is 14.4. The van der Waals surface area contributed by atoms with Crippen molar-refractivity contribution in [3.63, 3.8) is 0 Å². The van der Waals surface area contributed by atoms with Gasteiger partial charge in [0.05, 0.1) is 0 Å². The Hall–Kier alpha value is -1.25. The van der Waals surface area contributed by atoms with Gasteiger partial charge in [-0.05, 0) is 0 Å². The van der Waals surface area contributed by atoms with Crippen molar-refractivity contribution in [2.24, 2.45) is 0 Å². The molecule has 0 fully saturated rings. The molecule has 0 aliphatic carbocycles. The average Bonchev–Trinajstić information content (AvgIpc) is 1.99. The Morgan fingerprint density at radius 1 is 1.00 bits per heavy atom. The van der Waals surface area contributed by atoms with E-state index in [1.807, 2.05) is 0 Å². The van der Waals surface area contributed by atoms with E-state index in [1.165, 1.54) is 0 Å². The maximum Gasteiger partial charge on any atom is 0.356 e. The predicted octanol–water partition coefficient (Wildman–Crippen LogP) is 0.0594. The third-order valence-electron chi connectivity index (χ3n) is 0.930. The minimum absolute atomic E-state index is 0.0417. The Balaban J connectivity index is 0.000000293. The third-order valence-corrected chi connectivity index (χ3v) is 1.41. The Labute approximate surface area is 105 Å². The topological polar surface area (TPSA) is 154 Å². The summed E-state index contributed by atoms with van der Waals surface area (Å²) in [4.78, 5) is 20.1. The first kappa shape index (κ1) is 14.8. The van der Waals surface area contributed by atoms with Crippen LogP contribution in [-0.2, 0) is 4.79 Å². The molecule has 0 aliphatic heterocycles. The number of halogens is 3. The molecule has 7 N–H and O–H groups in total. The van der Waals surface area contributed by atoms with Crippen molar-refractivity contribution in [2.75, 3.05) is 17.2 Å². The fraction of sp³-hybridized carbons (Fsp3) is 0.200. The smallest absolute Gasteiger partial charge is 0.356 e. The van der Waals surface area contributed by atoms with E-state index in [2.05, 4.69) is 15.0 Å². The number of rotatable bonds is 0. The molecule has 1 rings (SSSR count). The molecule has 0 aliphatic rings. The lowest BCUT2D eigenvalue weighted by Gasteiger charge is -1.99. The highest BCUT2D eigenvalue weighted by molar-refractivity contribution is 6.75. The summed E-state index contributed by atoms with van der Waals surface area (Å²) in [6.07, 6.45) is 0. The van der Waals surface area contributed by atoms with E-state index in [1.54, 1.807) is 0 Å². The molecule has 1 aromatic heterocycles. The molecule has 0 unspecified atom stereocenters.